The van der Waals surface area contributed by atoms with Crippen molar-refractivity contribution in [1.82, 2.24) is 0 Å². The van der Waals surface area contributed by atoms with Crippen LogP contribution in [0.25, 0.3) is 0 Å². The van der Waals surface area contributed by atoms with Crippen molar-refractivity contribution in [3.8, 4) is 0 Å². The minimum absolute atomic E-state index is 0.0448. The first-order chi connectivity index (χ1) is 6.67. The first-order valence-electron chi connectivity index (χ1n) is 4.47. The van der Waals surface area contributed by atoms with E-state index in [0.29, 0.717) is 6.42 Å². The van der Waals surface area contributed by atoms with Gasteiger partial charge in [-0.15, -0.1) is 0 Å². The van der Waals surface area contributed by atoms with Crippen molar-refractivity contribution < 1.29 is 30.3 Å². The molecule has 5 N–H and O–H groups in total. The summed E-state index contributed by atoms with van der Waals surface area (Å²) in [6.45, 7) is -0.918. The Hall–Kier alpha value is -0.240. The molecule has 0 rings (SSSR count). The number of hydrogen-bond donors (Lipinski definition) is 5. The van der Waals surface area contributed by atoms with E-state index in [0.717, 1.165) is 0 Å². The van der Waals surface area contributed by atoms with Gasteiger partial charge < -0.3 is 30.3 Å². The standard InChI is InChI=1S/C8H18O6/c9-2-1-3-14-7(5-11)8(13)6(12)4-10/h6-13H,1-5H2. The molecular weight excluding hydrogens is 192 g/mol. The fourth-order valence-electron chi connectivity index (χ4n) is 0.914. The van der Waals surface area contributed by atoms with Crippen LogP contribution in [0.3, 0.4) is 0 Å². The van der Waals surface area contributed by atoms with Gasteiger partial charge in [-0.2, -0.15) is 0 Å². The Kier molecular flexibility index (Phi) is 7.96. The summed E-state index contributed by atoms with van der Waals surface area (Å²) in [5.41, 5.74) is 0. The Balaban J connectivity index is 3.85. The number of aliphatic hydroxyl groups is 5. The molecule has 0 saturated carbocycles. The molecule has 0 fully saturated rings. The second-order valence-corrected chi connectivity index (χ2v) is 2.91. The van der Waals surface area contributed by atoms with Crippen LogP contribution in [-0.2, 0) is 4.74 Å². The third-order valence-corrected chi connectivity index (χ3v) is 1.78. The van der Waals surface area contributed by atoms with Gasteiger partial charge in [-0.05, 0) is 6.42 Å². The normalized spacial score (nSPS) is 17.8. The van der Waals surface area contributed by atoms with E-state index in [1.165, 1.54) is 0 Å². The van der Waals surface area contributed by atoms with Gasteiger partial charge in [0.1, 0.15) is 18.3 Å². The minimum Gasteiger partial charge on any atom is -0.396 e. The van der Waals surface area contributed by atoms with Gasteiger partial charge in [0.15, 0.2) is 0 Å². The SMILES string of the molecule is OCCCOC(CO)C(O)C(O)CO. The lowest BCUT2D eigenvalue weighted by Gasteiger charge is -2.24. The molecule has 0 spiro atoms. The van der Waals surface area contributed by atoms with Crippen LogP contribution in [0, 0.1) is 0 Å². The van der Waals surface area contributed by atoms with Crippen molar-refractivity contribution in [3.05, 3.63) is 0 Å². The van der Waals surface area contributed by atoms with E-state index in [9.17, 15) is 5.11 Å². The van der Waals surface area contributed by atoms with E-state index in [1.807, 2.05) is 0 Å². The predicted octanol–water partition coefficient (Wildman–Crippen LogP) is -2.54. The lowest BCUT2D eigenvalue weighted by Crippen LogP contribution is -2.43. The molecule has 0 heterocycles. The molecule has 0 saturated heterocycles. The summed E-state index contributed by atoms with van der Waals surface area (Å²) in [6, 6.07) is 0. The Bertz CT molecular complexity index is 131. The molecule has 0 aromatic rings. The highest BCUT2D eigenvalue weighted by Crippen LogP contribution is 2.04. The highest BCUT2D eigenvalue weighted by Gasteiger charge is 2.25. The predicted molar refractivity (Wildman–Crippen MR) is 47.6 cm³/mol. The Morgan fingerprint density at radius 1 is 1.00 bits per heavy atom. The molecule has 6 heteroatoms. The molecule has 86 valence electrons. The van der Waals surface area contributed by atoms with Crippen molar-refractivity contribution in [2.75, 3.05) is 26.4 Å². The van der Waals surface area contributed by atoms with Gasteiger partial charge in [-0.3, -0.25) is 0 Å². The lowest BCUT2D eigenvalue weighted by atomic mass is 10.1. The smallest absolute Gasteiger partial charge is 0.110 e. The summed E-state index contributed by atoms with van der Waals surface area (Å²) in [4.78, 5) is 0. The second kappa shape index (κ2) is 8.10. The van der Waals surface area contributed by atoms with E-state index >= 15 is 0 Å². The molecule has 6 nitrogen and oxygen atoms in total. The van der Waals surface area contributed by atoms with Crippen molar-refractivity contribution in [1.29, 1.82) is 0 Å². The van der Waals surface area contributed by atoms with Gasteiger partial charge in [0.05, 0.1) is 13.2 Å². The Labute approximate surface area is 82.4 Å². The van der Waals surface area contributed by atoms with Gasteiger partial charge in [-0.1, -0.05) is 0 Å². The second-order valence-electron chi connectivity index (χ2n) is 2.91. The van der Waals surface area contributed by atoms with Crippen LogP contribution in [0.1, 0.15) is 6.42 Å². The molecular formula is C8H18O6. The van der Waals surface area contributed by atoms with E-state index in [-0.39, 0.29) is 13.2 Å². The average Bonchev–Trinajstić information content (AvgIpc) is 2.22. The van der Waals surface area contributed by atoms with Crippen molar-refractivity contribution in [2.24, 2.45) is 0 Å². The van der Waals surface area contributed by atoms with Crippen LogP contribution >= 0.6 is 0 Å². The topological polar surface area (TPSA) is 110 Å². The average molecular weight is 210 g/mol. The maximum absolute atomic E-state index is 9.32. The van der Waals surface area contributed by atoms with Crippen LogP contribution in [-0.4, -0.2) is 70.3 Å². The number of ether oxygens (including phenoxy) is 1. The largest absolute Gasteiger partial charge is 0.396 e. The molecule has 0 radical (unpaired) electrons. The maximum atomic E-state index is 9.32. The first kappa shape index (κ1) is 13.8. The molecule has 3 unspecified atom stereocenters. The monoisotopic (exact) mass is 210 g/mol. The van der Waals surface area contributed by atoms with E-state index in [2.05, 4.69) is 0 Å². The molecule has 3 atom stereocenters. The molecule has 0 bridgehead atoms. The van der Waals surface area contributed by atoms with E-state index in [4.69, 9.17) is 25.2 Å². The Morgan fingerprint density at radius 2 is 1.64 bits per heavy atom. The first-order valence-corrected chi connectivity index (χ1v) is 4.47. The summed E-state index contributed by atoms with van der Waals surface area (Å²) in [6.07, 6.45) is -3.22. The van der Waals surface area contributed by atoms with Crippen molar-refractivity contribution in [2.45, 2.75) is 24.7 Å². The quantitative estimate of drug-likeness (QED) is 0.282. The van der Waals surface area contributed by atoms with Crippen LogP contribution in [0.5, 0.6) is 0 Å². The third-order valence-electron chi connectivity index (χ3n) is 1.78. The zero-order valence-corrected chi connectivity index (χ0v) is 7.91. The minimum atomic E-state index is -1.33. The van der Waals surface area contributed by atoms with E-state index < -0.39 is 31.5 Å². The van der Waals surface area contributed by atoms with Gasteiger partial charge in [-0.25, -0.2) is 0 Å². The summed E-state index contributed by atoms with van der Waals surface area (Å²) < 4.78 is 4.99. The summed E-state index contributed by atoms with van der Waals surface area (Å²) in [5.74, 6) is 0. The molecule has 0 aromatic carbocycles. The molecule has 0 aromatic heterocycles. The zero-order valence-electron chi connectivity index (χ0n) is 7.91. The van der Waals surface area contributed by atoms with Crippen molar-refractivity contribution >= 4 is 0 Å². The molecule has 0 amide bonds. The third kappa shape index (κ3) is 4.85. The zero-order chi connectivity index (χ0) is 11.0. The maximum Gasteiger partial charge on any atom is 0.110 e. The summed E-state index contributed by atoms with van der Waals surface area (Å²) in [5, 5.41) is 44.1. The van der Waals surface area contributed by atoms with Crippen molar-refractivity contribution in [3.63, 3.8) is 0 Å². The van der Waals surface area contributed by atoms with Gasteiger partial charge >= 0.3 is 0 Å². The van der Waals surface area contributed by atoms with Crippen LogP contribution in [0.15, 0.2) is 0 Å². The van der Waals surface area contributed by atoms with Crippen LogP contribution < -0.4 is 0 Å². The van der Waals surface area contributed by atoms with Gasteiger partial charge in [0.25, 0.3) is 0 Å². The number of aliphatic hydroxyl groups excluding tert-OH is 5. The Morgan fingerprint density at radius 3 is 2.07 bits per heavy atom. The summed E-state index contributed by atoms with van der Waals surface area (Å²) >= 11 is 0. The highest BCUT2D eigenvalue weighted by molar-refractivity contribution is 4.75. The lowest BCUT2D eigenvalue weighted by molar-refractivity contribution is -0.117. The van der Waals surface area contributed by atoms with Crippen LogP contribution in [0.4, 0.5) is 0 Å². The molecule has 0 aliphatic heterocycles. The van der Waals surface area contributed by atoms with Gasteiger partial charge in [0.2, 0.25) is 0 Å². The highest BCUT2D eigenvalue weighted by atomic mass is 16.5. The van der Waals surface area contributed by atoms with Gasteiger partial charge in [0, 0.05) is 13.2 Å². The fourth-order valence-corrected chi connectivity index (χ4v) is 0.914. The molecule has 14 heavy (non-hydrogen) atoms. The molecule has 0 aliphatic rings. The van der Waals surface area contributed by atoms with Crippen LogP contribution in [0.2, 0.25) is 0 Å². The fraction of sp³-hybridized carbons (Fsp3) is 1.00. The molecule has 0 aliphatic carbocycles. The summed E-state index contributed by atoms with van der Waals surface area (Å²) in [7, 11) is 0. The number of rotatable bonds is 8. The number of hydrogen-bond acceptors (Lipinski definition) is 6. The van der Waals surface area contributed by atoms with E-state index in [1.54, 1.807) is 0 Å².